The standard InChI is InChI=1S/C30H48O3/c1-18-10-15-30(25(32)33)17-16-28(6)20(24(30)19(18)2)8-9-22-27(5)13-12-23(31)26(3,4)21(27)11-14-29(22,28)7/h8,18-19,21-24,31H,9-17H2,1-7H3,(H,32,33)/t18-,19-,21+,22+,23+,24+,27+,28-,29+,30+/m1/s1. The Balaban J connectivity index is 1.61. The second-order valence-corrected chi connectivity index (χ2v) is 14.5. The Hall–Kier alpha value is -0.830. The van der Waals surface area contributed by atoms with Gasteiger partial charge in [-0.1, -0.05) is 60.1 Å². The number of hydrogen-bond acceptors (Lipinski definition) is 2. The molecule has 3 heteroatoms. The van der Waals surface area contributed by atoms with Crippen LogP contribution in [-0.2, 0) is 4.79 Å². The van der Waals surface area contributed by atoms with E-state index >= 15 is 0 Å². The smallest absolute Gasteiger partial charge is 0.310 e. The van der Waals surface area contributed by atoms with Crippen LogP contribution in [0.25, 0.3) is 0 Å². The summed E-state index contributed by atoms with van der Waals surface area (Å²) in [6.45, 7) is 17.0. The van der Waals surface area contributed by atoms with E-state index in [1.54, 1.807) is 0 Å². The van der Waals surface area contributed by atoms with Crippen LogP contribution >= 0.6 is 0 Å². The molecule has 5 aliphatic rings. The number of aliphatic hydroxyl groups is 1. The molecule has 0 aliphatic heterocycles. The first-order valence-electron chi connectivity index (χ1n) is 13.9. The van der Waals surface area contributed by atoms with Gasteiger partial charge in [0.25, 0.3) is 0 Å². The van der Waals surface area contributed by atoms with Crippen molar-refractivity contribution in [2.24, 2.45) is 56.7 Å². The van der Waals surface area contributed by atoms with Gasteiger partial charge >= 0.3 is 5.97 Å². The zero-order valence-corrected chi connectivity index (χ0v) is 22.2. The highest BCUT2D eigenvalue weighted by molar-refractivity contribution is 5.76. The van der Waals surface area contributed by atoms with Gasteiger partial charge in [0, 0.05) is 0 Å². The largest absolute Gasteiger partial charge is 0.481 e. The van der Waals surface area contributed by atoms with E-state index in [4.69, 9.17) is 0 Å². The van der Waals surface area contributed by atoms with Crippen LogP contribution in [0.5, 0.6) is 0 Å². The van der Waals surface area contributed by atoms with E-state index in [0.29, 0.717) is 23.7 Å². The zero-order chi connectivity index (χ0) is 24.2. The van der Waals surface area contributed by atoms with Crippen LogP contribution in [-0.4, -0.2) is 22.3 Å². The minimum atomic E-state index is -0.557. The minimum absolute atomic E-state index is 0.0302. The Morgan fingerprint density at radius 3 is 2.27 bits per heavy atom. The van der Waals surface area contributed by atoms with Crippen molar-refractivity contribution >= 4 is 5.97 Å². The summed E-state index contributed by atoms with van der Waals surface area (Å²) in [5.41, 5.74) is 1.46. The Bertz CT molecular complexity index is 874. The number of fused-ring (bicyclic) bond motifs is 7. The average Bonchev–Trinajstić information content (AvgIpc) is 2.74. The molecule has 4 fully saturated rings. The molecule has 0 bridgehead atoms. The van der Waals surface area contributed by atoms with Crippen LogP contribution in [0, 0.1) is 56.7 Å². The fourth-order valence-electron chi connectivity index (χ4n) is 10.8. The topological polar surface area (TPSA) is 57.5 Å². The van der Waals surface area contributed by atoms with Crippen molar-refractivity contribution in [3.8, 4) is 0 Å². The summed E-state index contributed by atoms with van der Waals surface area (Å²) in [6, 6.07) is 0. The fourth-order valence-corrected chi connectivity index (χ4v) is 10.8. The van der Waals surface area contributed by atoms with E-state index in [1.807, 2.05) is 0 Å². The maximum Gasteiger partial charge on any atom is 0.310 e. The molecule has 10 atom stereocenters. The van der Waals surface area contributed by atoms with Gasteiger partial charge < -0.3 is 10.2 Å². The van der Waals surface area contributed by atoms with Crippen molar-refractivity contribution in [3.05, 3.63) is 11.6 Å². The van der Waals surface area contributed by atoms with Gasteiger partial charge in [-0.3, -0.25) is 4.79 Å². The van der Waals surface area contributed by atoms with Gasteiger partial charge in [0.1, 0.15) is 0 Å². The molecular weight excluding hydrogens is 408 g/mol. The van der Waals surface area contributed by atoms with Gasteiger partial charge in [-0.15, -0.1) is 0 Å². The van der Waals surface area contributed by atoms with Gasteiger partial charge in [0.15, 0.2) is 0 Å². The molecule has 5 rings (SSSR count). The summed E-state index contributed by atoms with van der Waals surface area (Å²) in [4.78, 5) is 12.8. The van der Waals surface area contributed by atoms with E-state index in [2.05, 4.69) is 54.5 Å². The summed E-state index contributed by atoms with van der Waals surface area (Å²) in [6.07, 6.45) is 11.6. The summed E-state index contributed by atoms with van der Waals surface area (Å²) < 4.78 is 0. The van der Waals surface area contributed by atoms with Crippen molar-refractivity contribution in [3.63, 3.8) is 0 Å². The molecule has 2 N–H and O–H groups in total. The lowest BCUT2D eigenvalue weighted by Crippen LogP contribution is -2.65. The molecule has 3 nitrogen and oxygen atoms in total. The SMILES string of the molecule is C[C@@H]1[C@H](C)CC[C@]2(C(=O)O)CC[C@]3(C)C(=CC[C@H]4[C@@]5(C)CC[C@H](O)C(C)(C)[C@@H]5CC[C@@]43C)[C@H]12. The number of aliphatic carboxylic acids is 1. The number of aliphatic hydroxyl groups excluding tert-OH is 1. The van der Waals surface area contributed by atoms with Crippen LogP contribution in [0.15, 0.2) is 11.6 Å². The van der Waals surface area contributed by atoms with E-state index in [-0.39, 0.29) is 33.7 Å². The average molecular weight is 457 g/mol. The molecule has 5 aliphatic carbocycles. The number of carboxylic acid groups (broad SMARTS) is 1. The van der Waals surface area contributed by atoms with Crippen molar-refractivity contribution < 1.29 is 15.0 Å². The monoisotopic (exact) mass is 456 g/mol. The van der Waals surface area contributed by atoms with Gasteiger partial charge in [0.05, 0.1) is 11.5 Å². The third-order valence-electron chi connectivity index (χ3n) is 13.4. The van der Waals surface area contributed by atoms with Crippen molar-refractivity contribution in [1.29, 1.82) is 0 Å². The quantitative estimate of drug-likeness (QED) is 0.414. The number of carbonyl (C=O) groups is 1. The highest BCUT2D eigenvalue weighted by atomic mass is 16.4. The predicted molar refractivity (Wildman–Crippen MR) is 133 cm³/mol. The first kappa shape index (κ1) is 23.9. The molecule has 186 valence electrons. The summed E-state index contributed by atoms with van der Waals surface area (Å²) in [7, 11) is 0. The Morgan fingerprint density at radius 2 is 1.61 bits per heavy atom. The molecule has 0 spiro atoms. The van der Waals surface area contributed by atoms with E-state index in [0.717, 1.165) is 44.9 Å². The predicted octanol–water partition coefficient (Wildman–Crippen LogP) is 7.09. The molecule has 33 heavy (non-hydrogen) atoms. The van der Waals surface area contributed by atoms with Crippen LogP contribution in [0.3, 0.4) is 0 Å². The van der Waals surface area contributed by atoms with Gasteiger partial charge in [-0.2, -0.15) is 0 Å². The number of allylic oxidation sites excluding steroid dienone is 2. The van der Waals surface area contributed by atoms with Crippen LogP contribution in [0.2, 0.25) is 0 Å². The molecule has 0 aromatic heterocycles. The molecule has 0 unspecified atom stereocenters. The molecule has 0 saturated heterocycles. The van der Waals surface area contributed by atoms with E-state index < -0.39 is 11.4 Å². The fraction of sp³-hybridized carbons (Fsp3) is 0.900. The molecule has 0 heterocycles. The normalized spacial score (nSPS) is 55.3. The first-order valence-corrected chi connectivity index (χ1v) is 13.9. The van der Waals surface area contributed by atoms with Gasteiger partial charge in [-0.05, 0) is 109 Å². The Morgan fingerprint density at radius 1 is 0.909 bits per heavy atom. The second kappa shape index (κ2) is 7.11. The molecular formula is C30H48O3. The Labute approximate surface area is 201 Å². The zero-order valence-electron chi connectivity index (χ0n) is 22.2. The van der Waals surface area contributed by atoms with Gasteiger partial charge in [0.2, 0.25) is 0 Å². The lowest BCUT2D eigenvalue weighted by Gasteiger charge is -2.71. The number of hydrogen-bond donors (Lipinski definition) is 2. The van der Waals surface area contributed by atoms with Crippen LogP contribution in [0.1, 0.15) is 106 Å². The maximum absolute atomic E-state index is 12.8. The van der Waals surface area contributed by atoms with Gasteiger partial charge in [-0.25, -0.2) is 0 Å². The first-order chi connectivity index (χ1) is 15.3. The highest BCUT2D eigenvalue weighted by Gasteiger charge is 2.69. The van der Waals surface area contributed by atoms with E-state index in [9.17, 15) is 15.0 Å². The second-order valence-electron chi connectivity index (χ2n) is 14.5. The number of carboxylic acids is 1. The molecule has 0 radical (unpaired) electrons. The van der Waals surface area contributed by atoms with Crippen LogP contribution in [0.4, 0.5) is 0 Å². The maximum atomic E-state index is 12.8. The molecule has 0 aromatic rings. The van der Waals surface area contributed by atoms with Crippen molar-refractivity contribution in [2.45, 2.75) is 112 Å². The van der Waals surface area contributed by atoms with Crippen LogP contribution < -0.4 is 0 Å². The third kappa shape index (κ3) is 2.75. The lowest BCUT2D eigenvalue weighted by atomic mass is 9.33. The minimum Gasteiger partial charge on any atom is -0.481 e. The summed E-state index contributed by atoms with van der Waals surface area (Å²) in [5.74, 6) is 1.82. The summed E-state index contributed by atoms with van der Waals surface area (Å²) in [5, 5.41) is 21.4. The summed E-state index contributed by atoms with van der Waals surface area (Å²) >= 11 is 0. The lowest BCUT2D eigenvalue weighted by molar-refractivity contribution is -0.206. The van der Waals surface area contributed by atoms with Crippen molar-refractivity contribution in [2.75, 3.05) is 0 Å². The molecule has 0 aromatic carbocycles. The molecule has 4 saturated carbocycles. The molecule has 0 amide bonds. The van der Waals surface area contributed by atoms with E-state index in [1.165, 1.54) is 18.4 Å². The third-order valence-corrected chi connectivity index (χ3v) is 13.4. The number of rotatable bonds is 1. The van der Waals surface area contributed by atoms with Crippen molar-refractivity contribution in [1.82, 2.24) is 0 Å². The highest BCUT2D eigenvalue weighted by Crippen LogP contribution is 2.75. The Kier molecular flexibility index (Phi) is 5.15.